The molecular formula is C20H22N6O2. The fraction of sp³-hybridized carbons (Fsp3) is 0.300. The Kier molecular flexibility index (Phi) is 5.30. The summed E-state index contributed by atoms with van der Waals surface area (Å²) >= 11 is 0. The number of nitrogens with zero attached hydrogens (tertiary/aromatic N) is 5. The Balaban J connectivity index is 1.75. The Bertz CT molecular complexity index is 1040. The summed E-state index contributed by atoms with van der Waals surface area (Å²) in [7, 11) is 0. The molecule has 2 aromatic rings. The van der Waals surface area contributed by atoms with Crippen molar-refractivity contribution in [2.24, 2.45) is 9.98 Å². The van der Waals surface area contributed by atoms with Crippen molar-refractivity contribution < 1.29 is 9.59 Å². The highest BCUT2D eigenvalue weighted by Gasteiger charge is 2.22. The van der Waals surface area contributed by atoms with Gasteiger partial charge in [0, 0.05) is 18.3 Å². The highest BCUT2D eigenvalue weighted by molar-refractivity contribution is 6.27. The van der Waals surface area contributed by atoms with E-state index < -0.39 is 5.91 Å². The lowest BCUT2D eigenvalue weighted by Gasteiger charge is -2.11. The topological polar surface area (TPSA) is 102 Å². The molecule has 0 aromatic carbocycles. The minimum absolute atomic E-state index is 0.122. The summed E-state index contributed by atoms with van der Waals surface area (Å²) in [5.41, 5.74) is 4.22. The third kappa shape index (κ3) is 3.80. The fourth-order valence-electron chi connectivity index (χ4n) is 2.93. The first-order valence-electron chi connectivity index (χ1n) is 8.92. The molecule has 28 heavy (non-hydrogen) atoms. The minimum Gasteiger partial charge on any atom is -0.310 e. The van der Waals surface area contributed by atoms with Crippen molar-refractivity contribution in [3.63, 3.8) is 0 Å². The maximum Gasteiger partial charge on any atom is 0.281 e. The van der Waals surface area contributed by atoms with Gasteiger partial charge >= 0.3 is 0 Å². The molecule has 1 aliphatic rings. The quantitative estimate of drug-likeness (QED) is 0.826. The van der Waals surface area contributed by atoms with Gasteiger partial charge in [-0.05, 0) is 51.3 Å². The first kappa shape index (κ1) is 19.3. The van der Waals surface area contributed by atoms with E-state index in [4.69, 9.17) is 0 Å². The van der Waals surface area contributed by atoms with E-state index in [1.807, 2.05) is 32.9 Å². The fourth-order valence-corrected chi connectivity index (χ4v) is 2.93. The van der Waals surface area contributed by atoms with Gasteiger partial charge in [0.05, 0.1) is 17.0 Å². The number of carbonyl (C=O) groups is 2. The van der Waals surface area contributed by atoms with Crippen LogP contribution in [0.5, 0.6) is 0 Å². The molecule has 0 fully saturated rings. The monoisotopic (exact) mass is 378 g/mol. The van der Waals surface area contributed by atoms with Gasteiger partial charge in [-0.15, -0.1) is 0 Å². The molecule has 3 rings (SSSR count). The number of hydrogen-bond donors (Lipinski definition) is 1. The smallest absolute Gasteiger partial charge is 0.281 e. The van der Waals surface area contributed by atoms with Crippen LogP contribution in [-0.4, -0.2) is 38.3 Å². The molecule has 3 heterocycles. The van der Waals surface area contributed by atoms with Gasteiger partial charge in [0.15, 0.2) is 0 Å². The number of rotatable bonds is 4. The summed E-state index contributed by atoms with van der Waals surface area (Å²) in [5, 5.41) is 7.29. The second kappa shape index (κ2) is 7.67. The normalized spacial score (nSPS) is 14.0. The van der Waals surface area contributed by atoms with Crippen LogP contribution in [0.1, 0.15) is 35.9 Å². The van der Waals surface area contributed by atoms with E-state index in [1.54, 1.807) is 17.8 Å². The molecule has 1 aliphatic heterocycles. The van der Waals surface area contributed by atoms with Crippen molar-refractivity contribution in [3.8, 4) is 0 Å². The van der Waals surface area contributed by atoms with Crippen LogP contribution in [-0.2, 0) is 16.0 Å². The predicted octanol–water partition coefficient (Wildman–Crippen LogP) is 2.54. The summed E-state index contributed by atoms with van der Waals surface area (Å²) in [4.78, 5) is 36.7. The molecule has 0 saturated heterocycles. The Morgan fingerprint density at radius 2 is 1.96 bits per heavy atom. The number of amides is 2. The van der Waals surface area contributed by atoms with Gasteiger partial charge in [0.25, 0.3) is 11.9 Å². The lowest BCUT2D eigenvalue weighted by Crippen LogP contribution is -2.23. The van der Waals surface area contributed by atoms with E-state index in [-0.39, 0.29) is 23.9 Å². The van der Waals surface area contributed by atoms with Gasteiger partial charge in [-0.2, -0.15) is 10.1 Å². The Labute approximate surface area is 163 Å². The molecule has 0 bridgehead atoms. The number of carbonyl (C=O) groups excluding carboxylic acids is 2. The number of aromatic nitrogens is 3. The summed E-state index contributed by atoms with van der Waals surface area (Å²) in [6.45, 7) is 11.0. The highest BCUT2D eigenvalue weighted by Crippen LogP contribution is 2.18. The number of hydrogen-bond acceptors (Lipinski definition) is 5. The second-order valence-electron chi connectivity index (χ2n) is 6.67. The molecule has 0 aliphatic carbocycles. The molecule has 0 saturated carbocycles. The summed E-state index contributed by atoms with van der Waals surface area (Å²) in [5.74, 6) is 0.248. The molecule has 8 heteroatoms. The summed E-state index contributed by atoms with van der Waals surface area (Å²) in [6, 6.07) is 3.72. The Morgan fingerprint density at radius 3 is 2.64 bits per heavy atom. The second-order valence-corrected chi connectivity index (χ2v) is 6.67. The lowest BCUT2D eigenvalue weighted by molar-refractivity contribution is -0.116. The molecule has 0 unspecified atom stereocenters. The van der Waals surface area contributed by atoms with E-state index in [2.05, 4.69) is 32.0 Å². The molecule has 2 amide bonds. The third-order valence-electron chi connectivity index (χ3n) is 4.66. The van der Waals surface area contributed by atoms with Crippen molar-refractivity contribution in [2.45, 2.75) is 40.5 Å². The molecule has 2 aromatic heterocycles. The lowest BCUT2D eigenvalue weighted by atomic mass is 10.1. The van der Waals surface area contributed by atoms with Crippen molar-refractivity contribution in [1.29, 1.82) is 0 Å². The number of aliphatic imine (C=N–C) groups is 2. The van der Waals surface area contributed by atoms with E-state index >= 15 is 0 Å². The number of nitrogens with one attached hydrogen (secondary N) is 1. The van der Waals surface area contributed by atoms with Crippen LogP contribution in [0, 0.1) is 20.8 Å². The summed E-state index contributed by atoms with van der Waals surface area (Å²) < 4.78 is 1.54. The van der Waals surface area contributed by atoms with Gasteiger partial charge in [-0.25, -0.2) is 14.7 Å². The first-order chi connectivity index (χ1) is 13.3. The Morgan fingerprint density at radius 1 is 1.21 bits per heavy atom. The van der Waals surface area contributed by atoms with Crippen LogP contribution >= 0.6 is 0 Å². The van der Waals surface area contributed by atoms with Gasteiger partial charge in [-0.1, -0.05) is 12.6 Å². The largest absolute Gasteiger partial charge is 0.310 e. The van der Waals surface area contributed by atoms with Crippen LogP contribution in [0.3, 0.4) is 0 Å². The molecular weight excluding hydrogens is 356 g/mol. The van der Waals surface area contributed by atoms with Crippen LogP contribution in [0.2, 0.25) is 0 Å². The van der Waals surface area contributed by atoms with Gasteiger partial charge in [-0.3, -0.25) is 9.59 Å². The van der Waals surface area contributed by atoms with Gasteiger partial charge in [0.2, 0.25) is 5.91 Å². The van der Waals surface area contributed by atoms with E-state index in [1.165, 1.54) is 0 Å². The van der Waals surface area contributed by atoms with Crippen molar-refractivity contribution in [2.75, 3.05) is 5.32 Å². The van der Waals surface area contributed by atoms with Crippen molar-refractivity contribution in [3.05, 3.63) is 53.0 Å². The molecule has 0 spiro atoms. The minimum atomic E-state index is -0.415. The van der Waals surface area contributed by atoms with E-state index in [9.17, 15) is 9.59 Å². The molecule has 0 radical (unpaired) electrons. The number of pyridine rings is 1. The molecule has 1 N–H and O–H groups in total. The van der Waals surface area contributed by atoms with Crippen LogP contribution in [0.4, 0.5) is 5.82 Å². The van der Waals surface area contributed by atoms with Crippen LogP contribution < -0.4 is 5.32 Å². The first-order valence-corrected chi connectivity index (χ1v) is 8.92. The zero-order valence-electron chi connectivity index (χ0n) is 16.4. The van der Waals surface area contributed by atoms with Crippen molar-refractivity contribution >= 4 is 29.3 Å². The standard InChI is InChI=1S/C20H22N6O2/c1-11-7-6-10-21-18(11)23-17(27)9-8-16-14(4)25-26(15(16)5)20-22-13(3)12(2)19(28)24-20/h6-7,10H,2,8-9H2,1,3-5H3,(H,21,23,27). The number of anilines is 1. The maximum atomic E-state index is 12.3. The number of aryl methyl sites for hydroxylation is 2. The zero-order chi connectivity index (χ0) is 20.4. The Hall–Kier alpha value is -3.42. The molecule has 0 atom stereocenters. The van der Waals surface area contributed by atoms with Crippen LogP contribution in [0.15, 0.2) is 40.5 Å². The van der Waals surface area contributed by atoms with E-state index in [0.29, 0.717) is 18.0 Å². The maximum absolute atomic E-state index is 12.3. The third-order valence-corrected chi connectivity index (χ3v) is 4.66. The predicted molar refractivity (Wildman–Crippen MR) is 108 cm³/mol. The van der Waals surface area contributed by atoms with E-state index in [0.717, 1.165) is 22.5 Å². The average Bonchev–Trinajstić information content (AvgIpc) is 2.93. The van der Waals surface area contributed by atoms with Crippen LogP contribution in [0.25, 0.3) is 0 Å². The van der Waals surface area contributed by atoms with Crippen molar-refractivity contribution in [1.82, 2.24) is 14.8 Å². The average molecular weight is 378 g/mol. The summed E-state index contributed by atoms with van der Waals surface area (Å²) in [6.07, 6.45) is 2.43. The van der Waals surface area contributed by atoms with Gasteiger partial charge < -0.3 is 5.32 Å². The molecule has 144 valence electrons. The highest BCUT2D eigenvalue weighted by atomic mass is 16.2. The zero-order valence-corrected chi connectivity index (χ0v) is 16.4. The SMILES string of the molecule is C=C1C(=O)N=C(n2nc(C)c(CCC(=O)Nc3ncccc3C)c2C)N=C1C. The molecule has 8 nitrogen and oxygen atoms in total. The van der Waals surface area contributed by atoms with Gasteiger partial charge in [0.1, 0.15) is 5.82 Å².